The number of methoxy groups -OCH3 is 1. The van der Waals surface area contributed by atoms with Crippen molar-refractivity contribution in [1.29, 1.82) is 0 Å². The maximum Gasteiger partial charge on any atom is 0.264 e. The van der Waals surface area contributed by atoms with Crippen molar-refractivity contribution in [3.05, 3.63) is 124 Å². The summed E-state index contributed by atoms with van der Waals surface area (Å²) in [7, 11) is -2.87. The summed E-state index contributed by atoms with van der Waals surface area (Å²) in [4.78, 5) is 30.3. The number of sulfonamides is 1. The third-order valence-electron chi connectivity index (χ3n) is 8.26. The van der Waals surface area contributed by atoms with E-state index in [1.165, 1.54) is 30.2 Å². The van der Waals surface area contributed by atoms with Gasteiger partial charge < -0.3 is 15.0 Å². The average Bonchev–Trinajstić information content (AvgIpc) is 3.59. The molecule has 1 aliphatic rings. The van der Waals surface area contributed by atoms with Gasteiger partial charge in [-0.25, -0.2) is 8.42 Å². The topological polar surface area (TPSA) is 96.0 Å². The number of halogens is 2. The Morgan fingerprint density at radius 3 is 2.19 bits per heavy atom. The monoisotopic (exact) mass is 737 g/mol. The first kappa shape index (κ1) is 34.5. The predicted octanol–water partition coefficient (Wildman–Crippen LogP) is 7.01. The van der Waals surface area contributed by atoms with Crippen LogP contribution in [-0.4, -0.2) is 50.9 Å². The lowest BCUT2D eigenvalue weighted by molar-refractivity contribution is -0.140. The molecule has 0 aromatic heterocycles. The lowest BCUT2D eigenvalue weighted by Gasteiger charge is -2.34. The summed E-state index contributed by atoms with van der Waals surface area (Å²) in [5.41, 5.74) is 1.76. The Morgan fingerprint density at radius 2 is 1.55 bits per heavy atom. The molecule has 1 N–H and O–H groups in total. The highest BCUT2D eigenvalue weighted by molar-refractivity contribution is 9.10. The maximum atomic E-state index is 14.7. The zero-order chi connectivity index (χ0) is 33.4. The van der Waals surface area contributed by atoms with Gasteiger partial charge in [-0.1, -0.05) is 101 Å². The summed E-state index contributed by atoms with van der Waals surface area (Å²) < 4.78 is 35.9. The molecular weight excluding hydrogens is 702 g/mol. The molecule has 8 nitrogen and oxygen atoms in total. The number of hydrogen-bond acceptors (Lipinski definition) is 5. The van der Waals surface area contributed by atoms with E-state index in [1.807, 2.05) is 54.6 Å². The first-order chi connectivity index (χ1) is 22.7. The second-order valence-corrected chi connectivity index (χ2v) is 14.7. The van der Waals surface area contributed by atoms with Crippen molar-refractivity contribution >= 4 is 55.1 Å². The van der Waals surface area contributed by atoms with Gasteiger partial charge in [-0.2, -0.15) is 0 Å². The summed E-state index contributed by atoms with van der Waals surface area (Å²) in [6.45, 7) is -0.528. The van der Waals surface area contributed by atoms with Gasteiger partial charge in [-0.15, -0.1) is 0 Å². The van der Waals surface area contributed by atoms with Gasteiger partial charge >= 0.3 is 0 Å². The van der Waals surface area contributed by atoms with Gasteiger partial charge in [0.05, 0.1) is 17.7 Å². The predicted molar refractivity (Wildman–Crippen MR) is 188 cm³/mol. The number of ether oxygens (including phenoxy) is 1. The van der Waals surface area contributed by atoms with Gasteiger partial charge in [0.2, 0.25) is 11.8 Å². The van der Waals surface area contributed by atoms with E-state index in [4.69, 9.17) is 16.3 Å². The molecule has 11 heteroatoms. The molecule has 0 unspecified atom stereocenters. The van der Waals surface area contributed by atoms with E-state index in [-0.39, 0.29) is 46.3 Å². The summed E-state index contributed by atoms with van der Waals surface area (Å²) in [6, 6.07) is 28.6. The number of carbonyl (C=O) groups is 2. The van der Waals surface area contributed by atoms with Gasteiger partial charge in [0.25, 0.3) is 10.0 Å². The molecule has 47 heavy (non-hydrogen) atoms. The molecular formula is C36H37BrClN3O5S. The lowest BCUT2D eigenvalue weighted by atomic mass is 10.0. The molecule has 4 aromatic carbocycles. The molecule has 0 heterocycles. The normalized spacial score (nSPS) is 13.9. The van der Waals surface area contributed by atoms with Crippen molar-refractivity contribution in [3.8, 4) is 5.75 Å². The van der Waals surface area contributed by atoms with E-state index in [2.05, 4.69) is 21.2 Å². The number of anilines is 1. The Hall–Kier alpha value is -3.86. The zero-order valence-electron chi connectivity index (χ0n) is 26.0. The molecule has 1 atom stereocenters. The van der Waals surface area contributed by atoms with Crippen LogP contribution in [0.15, 0.2) is 112 Å². The van der Waals surface area contributed by atoms with Crippen LogP contribution in [0, 0.1) is 0 Å². The summed E-state index contributed by atoms with van der Waals surface area (Å²) in [5.74, 6) is -0.609. The molecule has 1 saturated carbocycles. The van der Waals surface area contributed by atoms with Gasteiger partial charge in [0.15, 0.2) is 0 Å². The fourth-order valence-corrected chi connectivity index (χ4v) is 7.67. The van der Waals surface area contributed by atoms with Crippen molar-refractivity contribution in [1.82, 2.24) is 10.2 Å². The van der Waals surface area contributed by atoms with Crippen molar-refractivity contribution in [2.45, 2.75) is 55.6 Å². The fourth-order valence-electron chi connectivity index (χ4n) is 5.80. The second-order valence-electron chi connectivity index (χ2n) is 11.5. The van der Waals surface area contributed by atoms with Crippen LogP contribution in [0.5, 0.6) is 5.75 Å². The third kappa shape index (κ3) is 8.74. The van der Waals surface area contributed by atoms with Crippen LogP contribution in [0.25, 0.3) is 0 Å². The Labute approximate surface area is 289 Å². The molecule has 2 amide bonds. The van der Waals surface area contributed by atoms with Crippen LogP contribution in [-0.2, 0) is 32.6 Å². The highest BCUT2D eigenvalue weighted by atomic mass is 79.9. The smallest absolute Gasteiger partial charge is 0.264 e. The van der Waals surface area contributed by atoms with E-state index < -0.39 is 28.5 Å². The van der Waals surface area contributed by atoms with Crippen molar-refractivity contribution in [2.24, 2.45) is 0 Å². The average molecular weight is 739 g/mol. The second kappa shape index (κ2) is 15.8. The van der Waals surface area contributed by atoms with Crippen LogP contribution < -0.4 is 14.4 Å². The summed E-state index contributed by atoms with van der Waals surface area (Å²) in [5, 5.41) is 3.46. The Bertz CT molecular complexity index is 1770. The van der Waals surface area contributed by atoms with Crippen LogP contribution in [0.3, 0.4) is 0 Å². The highest BCUT2D eigenvalue weighted by Gasteiger charge is 2.36. The molecule has 0 aliphatic heterocycles. The van der Waals surface area contributed by atoms with Crippen molar-refractivity contribution in [2.75, 3.05) is 18.0 Å². The molecule has 246 valence electrons. The number of benzene rings is 4. The molecule has 0 saturated heterocycles. The number of amides is 2. The summed E-state index contributed by atoms with van der Waals surface area (Å²) in [6.07, 6.45) is 4.06. The maximum absolute atomic E-state index is 14.7. The number of nitrogens with zero attached hydrogens (tertiary/aromatic N) is 2. The van der Waals surface area contributed by atoms with E-state index in [1.54, 1.807) is 30.3 Å². The van der Waals surface area contributed by atoms with Crippen molar-refractivity contribution < 1.29 is 22.7 Å². The molecule has 0 spiro atoms. The van der Waals surface area contributed by atoms with E-state index >= 15 is 0 Å². The van der Waals surface area contributed by atoms with Gasteiger partial charge in [-0.3, -0.25) is 13.9 Å². The van der Waals surface area contributed by atoms with E-state index in [0.717, 1.165) is 45.6 Å². The number of carbonyl (C=O) groups excluding carboxylic acids is 2. The number of nitrogens with one attached hydrogen (secondary N) is 1. The lowest BCUT2D eigenvalue weighted by Crippen LogP contribution is -2.54. The Balaban J connectivity index is 1.59. The Morgan fingerprint density at radius 1 is 0.915 bits per heavy atom. The third-order valence-corrected chi connectivity index (χ3v) is 10.8. The molecule has 0 radical (unpaired) electrons. The molecule has 5 rings (SSSR count). The summed E-state index contributed by atoms with van der Waals surface area (Å²) >= 11 is 9.83. The number of hydrogen-bond donors (Lipinski definition) is 1. The standard InChI is InChI=1S/C36H37BrClN3O5S/c1-46-34-21-20-29(38)23-32(34)41(47(44,45)31-14-6-3-7-15-31)25-35(42)40(24-27-16-18-28(37)19-17-27)33(22-26-10-4-2-5-11-26)36(43)39-30-12-8-9-13-30/h2-7,10-11,14-21,23,30,33H,8-9,12-13,22,24-25H2,1H3,(H,39,43)/t33-/m1/s1. The Kier molecular flexibility index (Phi) is 11.6. The van der Waals surface area contributed by atoms with Crippen LogP contribution in [0.1, 0.15) is 36.8 Å². The molecule has 1 fully saturated rings. The van der Waals surface area contributed by atoms with Gasteiger partial charge in [0.1, 0.15) is 18.3 Å². The minimum Gasteiger partial charge on any atom is -0.495 e. The largest absolute Gasteiger partial charge is 0.495 e. The van der Waals surface area contributed by atoms with Crippen molar-refractivity contribution in [3.63, 3.8) is 0 Å². The van der Waals surface area contributed by atoms with Gasteiger partial charge in [0, 0.05) is 28.5 Å². The zero-order valence-corrected chi connectivity index (χ0v) is 29.2. The molecule has 1 aliphatic carbocycles. The molecule has 0 bridgehead atoms. The minimum absolute atomic E-state index is 0.00546. The van der Waals surface area contributed by atoms with E-state index in [9.17, 15) is 18.0 Å². The molecule has 4 aromatic rings. The van der Waals surface area contributed by atoms with Gasteiger partial charge in [-0.05, 0) is 66.4 Å². The quantitative estimate of drug-likeness (QED) is 0.159. The minimum atomic E-state index is -4.29. The van der Waals surface area contributed by atoms with E-state index in [0.29, 0.717) is 0 Å². The van der Waals surface area contributed by atoms with Crippen LogP contribution in [0.2, 0.25) is 5.02 Å². The van der Waals surface area contributed by atoms with Crippen LogP contribution in [0.4, 0.5) is 5.69 Å². The highest BCUT2D eigenvalue weighted by Crippen LogP contribution is 2.35. The number of rotatable bonds is 13. The fraction of sp³-hybridized carbons (Fsp3) is 0.278. The first-order valence-corrected chi connectivity index (χ1v) is 18.1. The first-order valence-electron chi connectivity index (χ1n) is 15.5. The SMILES string of the molecule is COc1ccc(Cl)cc1N(CC(=O)N(Cc1ccc(Br)cc1)[C@H](Cc1ccccc1)C(=O)NC1CCCC1)S(=O)(=O)c1ccccc1. The van der Waals surface area contributed by atoms with Crippen LogP contribution >= 0.6 is 27.5 Å².